The van der Waals surface area contributed by atoms with Crippen molar-refractivity contribution >= 4 is 5.97 Å². The van der Waals surface area contributed by atoms with Gasteiger partial charge in [0.2, 0.25) is 0 Å². The molecule has 6 nitrogen and oxygen atoms in total. The number of carbonyl (C=O) groups is 1. The number of aromatic nitrogens is 3. The minimum absolute atomic E-state index is 0.105. The first-order valence-electron chi connectivity index (χ1n) is 5.98. The molecule has 1 aromatic heterocycles. The molecule has 1 aromatic carbocycles. The largest absolute Gasteiger partial charge is 0.497 e. The van der Waals surface area contributed by atoms with E-state index in [1.807, 2.05) is 0 Å². The Hall–Kier alpha value is -2.44. The van der Waals surface area contributed by atoms with Crippen molar-refractivity contribution in [2.75, 3.05) is 7.11 Å². The van der Waals surface area contributed by atoms with Crippen LogP contribution in [-0.4, -0.2) is 33.2 Å². The maximum atomic E-state index is 14.0. The summed E-state index contributed by atoms with van der Waals surface area (Å²) < 4.78 is 20.2. The van der Waals surface area contributed by atoms with Gasteiger partial charge in [-0.25, -0.2) is 13.9 Å². The van der Waals surface area contributed by atoms with Gasteiger partial charge in [-0.3, -0.25) is 0 Å². The van der Waals surface area contributed by atoms with E-state index in [-0.39, 0.29) is 17.3 Å². The van der Waals surface area contributed by atoms with Gasteiger partial charge in [-0.05, 0) is 18.1 Å². The van der Waals surface area contributed by atoms with Crippen LogP contribution in [0.5, 0.6) is 5.75 Å². The predicted octanol–water partition coefficient (Wildman–Crippen LogP) is 2.24. The summed E-state index contributed by atoms with van der Waals surface area (Å²) in [6, 6.07) is 4.16. The second kappa shape index (κ2) is 5.28. The van der Waals surface area contributed by atoms with Gasteiger partial charge in [0, 0.05) is 6.07 Å². The fourth-order valence-corrected chi connectivity index (χ4v) is 1.92. The highest BCUT2D eigenvalue weighted by atomic mass is 19.1. The molecule has 2 rings (SSSR count). The molecular formula is C13H14FN3O3. The second-order valence-electron chi connectivity index (χ2n) is 4.51. The lowest BCUT2D eigenvalue weighted by atomic mass is 10.1. The van der Waals surface area contributed by atoms with Crippen molar-refractivity contribution in [2.24, 2.45) is 0 Å². The molecule has 0 saturated heterocycles. The Bertz CT molecular complexity index is 652. The van der Waals surface area contributed by atoms with Crippen molar-refractivity contribution in [3.05, 3.63) is 35.4 Å². The van der Waals surface area contributed by atoms with Crippen LogP contribution in [0.2, 0.25) is 0 Å². The Morgan fingerprint density at radius 3 is 2.70 bits per heavy atom. The summed E-state index contributed by atoms with van der Waals surface area (Å²) in [7, 11) is 1.46. The van der Waals surface area contributed by atoms with Crippen molar-refractivity contribution in [3.63, 3.8) is 0 Å². The number of hydrogen-bond acceptors (Lipinski definition) is 4. The van der Waals surface area contributed by atoms with Gasteiger partial charge in [0.05, 0.1) is 12.8 Å². The minimum Gasteiger partial charge on any atom is -0.497 e. The van der Waals surface area contributed by atoms with E-state index in [0.29, 0.717) is 11.4 Å². The minimum atomic E-state index is -1.19. The number of benzene rings is 1. The second-order valence-corrected chi connectivity index (χ2v) is 4.51. The van der Waals surface area contributed by atoms with Crippen LogP contribution in [0.25, 0.3) is 5.69 Å². The molecule has 106 valence electrons. The fraction of sp³-hybridized carbons (Fsp3) is 0.308. The van der Waals surface area contributed by atoms with Crippen LogP contribution in [0.4, 0.5) is 4.39 Å². The maximum absolute atomic E-state index is 14.0. The Labute approximate surface area is 114 Å². The first kappa shape index (κ1) is 14.0. The van der Waals surface area contributed by atoms with Crippen LogP contribution in [0.15, 0.2) is 18.2 Å². The van der Waals surface area contributed by atoms with E-state index >= 15 is 0 Å². The van der Waals surface area contributed by atoms with Crippen LogP contribution in [0, 0.1) is 5.82 Å². The van der Waals surface area contributed by atoms with E-state index in [1.165, 1.54) is 30.0 Å². The van der Waals surface area contributed by atoms with E-state index in [0.717, 1.165) is 0 Å². The van der Waals surface area contributed by atoms with Gasteiger partial charge in [0.25, 0.3) is 0 Å². The van der Waals surface area contributed by atoms with Gasteiger partial charge in [-0.2, -0.15) is 0 Å². The van der Waals surface area contributed by atoms with Crippen molar-refractivity contribution in [1.29, 1.82) is 0 Å². The van der Waals surface area contributed by atoms with Gasteiger partial charge in [0.1, 0.15) is 17.3 Å². The molecule has 0 aliphatic rings. The molecule has 20 heavy (non-hydrogen) atoms. The summed E-state index contributed by atoms with van der Waals surface area (Å²) in [4.78, 5) is 11.1. The standard InChI is InChI=1S/C13H14FN3O3/c1-7(2)12-11(13(18)19)15-16-17(12)10-6-8(20-3)4-5-9(10)14/h4-7H,1-3H3,(H,18,19). The quantitative estimate of drug-likeness (QED) is 0.928. The number of ether oxygens (including phenoxy) is 1. The average Bonchev–Trinajstić information content (AvgIpc) is 2.84. The van der Waals surface area contributed by atoms with Gasteiger partial charge < -0.3 is 9.84 Å². The molecule has 0 atom stereocenters. The van der Waals surface area contributed by atoms with E-state index < -0.39 is 11.8 Å². The van der Waals surface area contributed by atoms with Crippen LogP contribution in [-0.2, 0) is 0 Å². The third-order valence-electron chi connectivity index (χ3n) is 2.84. The molecule has 1 heterocycles. The molecule has 2 aromatic rings. The zero-order valence-electron chi connectivity index (χ0n) is 11.3. The van der Waals surface area contributed by atoms with Crippen molar-refractivity contribution < 1.29 is 19.0 Å². The third kappa shape index (κ3) is 2.34. The van der Waals surface area contributed by atoms with Crippen molar-refractivity contribution in [2.45, 2.75) is 19.8 Å². The van der Waals surface area contributed by atoms with E-state index in [2.05, 4.69) is 10.3 Å². The SMILES string of the molecule is COc1ccc(F)c(-n2nnc(C(=O)O)c2C(C)C)c1. The Balaban J connectivity index is 2.67. The summed E-state index contributed by atoms with van der Waals surface area (Å²) in [5.74, 6) is -1.46. The monoisotopic (exact) mass is 279 g/mol. The molecule has 0 aliphatic heterocycles. The van der Waals surface area contributed by atoms with Crippen LogP contribution in [0.3, 0.4) is 0 Å². The van der Waals surface area contributed by atoms with E-state index in [1.54, 1.807) is 13.8 Å². The summed E-state index contributed by atoms with van der Waals surface area (Å²) in [5.41, 5.74) is 0.264. The molecule has 1 N–H and O–H groups in total. The van der Waals surface area contributed by atoms with Crippen LogP contribution in [0.1, 0.15) is 35.9 Å². The fourth-order valence-electron chi connectivity index (χ4n) is 1.92. The smallest absolute Gasteiger partial charge is 0.358 e. The highest BCUT2D eigenvalue weighted by Crippen LogP contribution is 2.25. The van der Waals surface area contributed by atoms with Gasteiger partial charge in [0.15, 0.2) is 5.69 Å². The Morgan fingerprint density at radius 2 is 2.15 bits per heavy atom. The highest BCUT2D eigenvalue weighted by molar-refractivity contribution is 5.86. The van der Waals surface area contributed by atoms with Gasteiger partial charge in [-0.1, -0.05) is 19.1 Å². The van der Waals surface area contributed by atoms with Crippen LogP contribution < -0.4 is 4.74 Å². The summed E-state index contributed by atoms with van der Waals surface area (Å²) in [6.07, 6.45) is 0. The molecule has 0 amide bonds. The zero-order valence-corrected chi connectivity index (χ0v) is 11.3. The molecule has 0 fully saturated rings. The number of carboxylic acids is 1. The first-order valence-corrected chi connectivity index (χ1v) is 5.98. The topological polar surface area (TPSA) is 77.2 Å². The Kier molecular flexibility index (Phi) is 3.69. The number of carboxylic acid groups (broad SMARTS) is 1. The van der Waals surface area contributed by atoms with Crippen molar-refractivity contribution in [1.82, 2.24) is 15.0 Å². The highest BCUT2D eigenvalue weighted by Gasteiger charge is 2.23. The number of rotatable bonds is 4. The van der Waals surface area contributed by atoms with Crippen LogP contribution >= 0.6 is 0 Å². The lowest BCUT2D eigenvalue weighted by Gasteiger charge is -2.11. The predicted molar refractivity (Wildman–Crippen MR) is 68.9 cm³/mol. The molecular weight excluding hydrogens is 265 g/mol. The number of methoxy groups -OCH3 is 1. The average molecular weight is 279 g/mol. The van der Waals surface area contributed by atoms with Gasteiger partial charge >= 0.3 is 5.97 Å². The molecule has 0 spiro atoms. The summed E-state index contributed by atoms with van der Waals surface area (Å²) >= 11 is 0. The lowest BCUT2D eigenvalue weighted by molar-refractivity contribution is 0.0688. The number of hydrogen-bond donors (Lipinski definition) is 1. The Morgan fingerprint density at radius 1 is 1.45 bits per heavy atom. The summed E-state index contributed by atoms with van der Waals surface area (Å²) in [6.45, 7) is 3.58. The first-order chi connectivity index (χ1) is 9.45. The molecule has 0 unspecified atom stereocenters. The number of halogens is 1. The third-order valence-corrected chi connectivity index (χ3v) is 2.84. The van der Waals surface area contributed by atoms with E-state index in [9.17, 15) is 9.18 Å². The number of aromatic carboxylic acids is 1. The normalized spacial score (nSPS) is 10.8. The number of nitrogens with zero attached hydrogens (tertiary/aromatic N) is 3. The van der Waals surface area contributed by atoms with Crippen molar-refractivity contribution in [3.8, 4) is 11.4 Å². The maximum Gasteiger partial charge on any atom is 0.358 e. The molecule has 0 saturated carbocycles. The molecule has 0 bridgehead atoms. The van der Waals surface area contributed by atoms with E-state index in [4.69, 9.17) is 9.84 Å². The van der Waals surface area contributed by atoms with Gasteiger partial charge in [-0.15, -0.1) is 5.10 Å². The molecule has 0 radical (unpaired) electrons. The lowest BCUT2D eigenvalue weighted by Crippen LogP contribution is -2.09. The molecule has 7 heteroatoms. The molecule has 0 aliphatic carbocycles. The zero-order chi connectivity index (χ0) is 14.9. The summed E-state index contributed by atoms with van der Waals surface area (Å²) in [5, 5.41) is 16.5.